The lowest BCUT2D eigenvalue weighted by Crippen LogP contribution is -2.37. The highest BCUT2D eigenvalue weighted by molar-refractivity contribution is 7.08. The minimum Gasteiger partial charge on any atom is -0.465 e. The number of halogens is 1. The van der Waals surface area contributed by atoms with Gasteiger partial charge in [0.05, 0.1) is 17.7 Å². The van der Waals surface area contributed by atoms with E-state index in [0.29, 0.717) is 5.69 Å². The van der Waals surface area contributed by atoms with E-state index in [2.05, 4.69) is 5.32 Å². The molecule has 1 N–H and O–H groups in total. The van der Waals surface area contributed by atoms with Gasteiger partial charge in [-0.3, -0.25) is 9.59 Å². The number of hydrogen-bond acceptors (Lipinski definition) is 4. The minimum atomic E-state index is -0.955. The highest BCUT2D eigenvalue weighted by Crippen LogP contribution is 2.41. The van der Waals surface area contributed by atoms with Crippen molar-refractivity contribution in [3.63, 3.8) is 0 Å². The second kappa shape index (κ2) is 4.43. The molecule has 0 radical (unpaired) electrons. The van der Waals surface area contributed by atoms with Crippen molar-refractivity contribution in [3.05, 3.63) is 16.3 Å². The molecule has 2 atom stereocenters. The number of esters is 1. The van der Waals surface area contributed by atoms with Gasteiger partial charge in [0.2, 0.25) is 5.91 Å². The zero-order valence-electron chi connectivity index (χ0n) is 8.53. The molecule has 0 spiro atoms. The first kappa shape index (κ1) is 11.4. The van der Waals surface area contributed by atoms with Crippen LogP contribution in [0.1, 0.15) is 17.9 Å². The third-order valence-corrected chi connectivity index (χ3v) is 3.61. The van der Waals surface area contributed by atoms with Crippen molar-refractivity contribution in [1.29, 1.82) is 0 Å². The van der Waals surface area contributed by atoms with Crippen LogP contribution in [0.2, 0.25) is 0 Å². The van der Waals surface area contributed by atoms with Crippen molar-refractivity contribution in [2.45, 2.75) is 12.3 Å². The highest BCUT2D eigenvalue weighted by atomic mass is 35.5. The molecule has 0 bridgehead atoms. The zero-order chi connectivity index (χ0) is 11.7. The van der Waals surface area contributed by atoms with Crippen molar-refractivity contribution in [1.82, 2.24) is 0 Å². The Morgan fingerprint density at radius 3 is 3.06 bits per heavy atom. The van der Waals surface area contributed by atoms with Crippen LogP contribution in [0.5, 0.6) is 0 Å². The van der Waals surface area contributed by atoms with Gasteiger partial charge in [0.25, 0.3) is 0 Å². The third kappa shape index (κ3) is 1.81. The number of nitrogens with one attached hydrogen (secondary N) is 1. The van der Waals surface area contributed by atoms with Crippen LogP contribution >= 0.6 is 22.9 Å². The Hall–Kier alpha value is -1.07. The van der Waals surface area contributed by atoms with Crippen LogP contribution in [0, 0.1) is 5.92 Å². The van der Waals surface area contributed by atoms with Gasteiger partial charge in [-0.2, -0.15) is 0 Å². The second-order valence-electron chi connectivity index (χ2n) is 3.36. The van der Waals surface area contributed by atoms with E-state index in [1.807, 2.05) is 5.38 Å². The number of anilines is 1. The van der Waals surface area contributed by atoms with Gasteiger partial charge >= 0.3 is 5.97 Å². The summed E-state index contributed by atoms with van der Waals surface area (Å²) >= 11 is 7.56. The molecule has 6 heteroatoms. The maximum atomic E-state index is 11.7. The molecule has 16 heavy (non-hydrogen) atoms. The van der Waals surface area contributed by atoms with Crippen molar-refractivity contribution in [3.8, 4) is 0 Å². The average Bonchev–Trinajstić information content (AvgIpc) is 2.66. The largest absolute Gasteiger partial charge is 0.465 e. The topological polar surface area (TPSA) is 55.4 Å². The molecule has 1 aliphatic rings. The fourth-order valence-electron chi connectivity index (χ4n) is 1.60. The molecule has 86 valence electrons. The van der Waals surface area contributed by atoms with Gasteiger partial charge in [0, 0.05) is 10.9 Å². The first-order chi connectivity index (χ1) is 7.65. The predicted octanol–water partition coefficient (Wildman–Crippen LogP) is 2.16. The molecule has 0 fully saturated rings. The first-order valence-electron chi connectivity index (χ1n) is 4.82. The molecule has 0 aliphatic carbocycles. The molecule has 1 aliphatic heterocycles. The summed E-state index contributed by atoms with van der Waals surface area (Å²) in [4.78, 5) is 23.3. The van der Waals surface area contributed by atoms with Crippen LogP contribution in [0.15, 0.2) is 10.8 Å². The molecule has 0 saturated heterocycles. The second-order valence-corrected chi connectivity index (χ2v) is 4.58. The maximum absolute atomic E-state index is 11.7. The van der Waals surface area contributed by atoms with Crippen LogP contribution in [0.4, 0.5) is 5.69 Å². The van der Waals surface area contributed by atoms with Crippen LogP contribution in [0.25, 0.3) is 0 Å². The molecule has 1 aromatic heterocycles. The fourth-order valence-corrected chi connectivity index (χ4v) is 2.90. The summed E-state index contributed by atoms with van der Waals surface area (Å²) in [5, 5.41) is 5.63. The van der Waals surface area contributed by atoms with Gasteiger partial charge < -0.3 is 10.1 Å². The Balaban J connectivity index is 2.29. The van der Waals surface area contributed by atoms with Crippen LogP contribution in [-0.2, 0) is 14.3 Å². The maximum Gasteiger partial charge on any atom is 0.320 e. The number of amides is 1. The van der Waals surface area contributed by atoms with E-state index in [9.17, 15) is 9.59 Å². The van der Waals surface area contributed by atoms with E-state index in [1.54, 1.807) is 12.3 Å². The Bertz CT molecular complexity index is 431. The first-order valence-corrected chi connectivity index (χ1v) is 6.20. The predicted molar refractivity (Wildman–Crippen MR) is 61.7 cm³/mol. The highest BCUT2D eigenvalue weighted by Gasteiger charge is 2.41. The van der Waals surface area contributed by atoms with E-state index in [1.165, 1.54) is 11.3 Å². The summed E-state index contributed by atoms with van der Waals surface area (Å²) in [5.41, 5.74) is 1.47. The Labute approximate surface area is 102 Å². The quantitative estimate of drug-likeness (QED) is 0.503. The number of rotatable bonds is 2. The molecule has 2 unspecified atom stereocenters. The van der Waals surface area contributed by atoms with Crippen molar-refractivity contribution >= 4 is 40.5 Å². The molecule has 1 aromatic rings. The lowest BCUT2D eigenvalue weighted by molar-refractivity contribution is -0.151. The summed E-state index contributed by atoms with van der Waals surface area (Å²) in [5.74, 6) is -1.93. The van der Waals surface area contributed by atoms with Gasteiger partial charge in [-0.05, 0) is 12.3 Å². The number of carbonyl (C=O) groups is 2. The lowest BCUT2D eigenvalue weighted by atomic mass is 9.95. The van der Waals surface area contributed by atoms with Gasteiger partial charge in [-0.25, -0.2) is 0 Å². The smallest absolute Gasteiger partial charge is 0.320 e. The SMILES string of the molecule is CCOC(=O)C1C(=O)Nc2cscc2C1Cl. The van der Waals surface area contributed by atoms with Crippen LogP contribution in [-0.4, -0.2) is 18.5 Å². The summed E-state index contributed by atoms with van der Waals surface area (Å²) in [6.45, 7) is 1.93. The average molecular weight is 260 g/mol. The van der Waals surface area contributed by atoms with Gasteiger partial charge in [-0.1, -0.05) is 0 Å². The number of thiophene rings is 1. The number of carbonyl (C=O) groups excluding carboxylic acids is 2. The minimum absolute atomic E-state index is 0.239. The van der Waals surface area contributed by atoms with E-state index in [-0.39, 0.29) is 6.61 Å². The van der Waals surface area contributed by atoms with E-state index >= 15 is 0 Å². The van der Waals surface area contributed by atoms with Crippen LogP contribution < -0.4 is 5.32 Å². The lowest BCUT2D eigenvalue weighted by Gasteiger charge is -2.25. The van der Waals surface area contributed by atoms with Crippen molar-refractivity contribution in [2.75, 3.05) is 11.9 Å². The molecule has 2 heterocycles. The molecule has 0 aromatic carbocycles. The molecule has 0 saturated carbocycles. The van der Waals surface area contributed by atoms with Gasteiger partial charge in [0.15, 0.2) is 5.92 Å². The number of alkyl halides is 1. The van der Waals surface area contributed by atoms with Gasteiger partial charge in [-0.15, -0.1) is 22.9 Å². The molecule has 4 nitrogen and oxygen atoms in total. The zero-order valence-corrected chi connectivity index (χ0v) is 10.1. The monoisotopic (exact) mass is 259 g/mol. The Kier molecular flexibility index (Phi) is 3.16. The Morgan fingerprint density at radius 1 is 1.62 bits per heavy atom. The van der Waals surface area contributed by atoms with E-state index < -0.39 is 23.2 Å². The summed E-state index contributed by atoms with van der Waals surface area (Å²) in [6.07, 6.45) is 0. The molecular formula is C10H10ClNO3S. The molecule has 1 amide bonds. The van der Waals surface area contributed by atoms with Gasteiger partial charge in [0.1, 0.15) is 0 Å². The summed E-state index contributed by atoms with van der Waals surface area (Å²) in [7, 11) is 0. The summed E-state index contributed by atoms with van der Waals surface area (Å²) < 4.78 is 4.83. The summed E-state index contributed by atoms with van der Waals surface area (Å²) in [6, 6.07) is 0. The third-order valence-electron chi connectivity index (χ3n) is 2.36. The fraction of sp³-hybridized carbons (Fsp3) is 0.400. The standard InChI is InChI=1S/C10H10ClNO3S/c1-2-15-10(14)7-8(11)5-3-16-4-6(5)12-9(7)13/h3-4,7-8H,2H2,1H3,(H,12,13). The number of hydrogen-bond donors (Lipinski definition) is 1. The normalized spacial score (nSPS) is 23.5. The van der Waals surface area contributed by atoms with E-state index in [0.717, 1.165) is 5.56 Å². The van der Waals surface area contributed by atoms with E-state index in [4.69, 9.17) is 16.3 Å². The van der Waals surface area contributed by atoms with Crippen molar-refractivity contribution < 1.29 is 14.3 Å². The molecular weight excluding hydrogens is 250 g/mol. The number of fused-ring (bicyclic) bond motifs is 1. The number of ether oxygens (including phenoxy) is 1. The Morgan fingerprint density at radius 2 is 2.38 bits per heavy atom. The van der Waals surface area contributed by atoms with Crippen molar-refractivity contribution in [2.24, 2.45) is 5.92 Å². The van der Waals surface area contributed by atoms with Crippen LogP contribution in [0.3, 0.4) is 0 Å². The molecule has 2 rings (SSSR count).